The Morgan fingerprint density at radius 1 is 1.23 bits per heavy atom. The lowest BCUT2D eigenvalue weighted by Crippen LogP contribution is -2.42. The van der Waals surface area contributed by atoms with Crippen LogP contribution in [-0.2, 0) is 19.4 Å². The van der Waals surface area contributed by atoms with Crippen LogP contribution in [-0.4, -0.2) is 49.2 Å². The number of carbonyl (C=O) groups excluding carboxylic acids is 2. The number of hydrogen-bond acceptors (Lipinski definition) is 4. The average Bonchev–Trinajstić information content (AvgIpc) is 3.30. The third-order valence-corrected chi connectivity index (χ3v) is 6.65. The fourth-order valence-electron chi connectivity index (χ4n) is 3.39. The summed E-state index contributed by atoms with van der Waals surface area (Å²) in [6.45, 7) is 2.16. The van der Waals surface area contributed by atoms with Crippen molar-refractivity contribution in [3.63, 3.8) is 0 Å². The lowest BCUT2D eigenvalue weighted by molar-refractivity contribution is -0.135. The highest BCUT2D eigenvalue weighted by molar-refractivity contribution is 7.91. The lowest BCUT2D eigenvalue weighted by atomic mass is 10.2. The molecule has 0 aromatic heterocycles. The average molecular weight is 386 g/mol. The minimum absolute atomic E-state index is 0.0367. The van der Waals surface area contributed by atoms with Gasteiger partial charge < -0.3 is 10.2 Å². The Morgan fingerprint density at radius 2 is 1.96 bits per heavy atom. The quantitative estimate of drug-likeness (QED) is 0.833. The van der Waals surface area contributed by atoms with Crippen LogP contribution in [0.5, 0.6) is 0 Å². The number of carbonyl (C=O) groups is 2. The van der Waals surface area contributed by atoms with Gasteiger partial charge >= 0.3 is 0 Å². The molecule has 1 N–H and O–H groups in total. The van der Waals surface area contributed by atoms with E-state index >= 15 is 0 Å². The van der Waals surface area contributed by atoms with Gasteiger partial charge in [0.1, 0.15) is 0 Å². The molecule has 3 atom stereocenters. The van der Waals surface area contributed by atoms with Crippen LogP contribution in [0.1, 0.15) is 19.8 Å². The highest BCUT2D eigenvalue weighted by Crippen LogP contribution is 2.41. The van der Waals surface area contributed by atoms with Crippen LogP contribution in [0.25, 0.3) is 0 Å². The van der Waals surface area contributed by atoms with E-state index in [0.29, 0.717) is 19.4 Å². The summed E-state index contributed by atoms with van der Waals surface area (Å²) in [5, 5.41) is 2.48. The second-order valence-corrected chi connectivity index (χ2v) is 8.98. The number of nitrogens with one attached hydrogen (secondary N) is 1. The predicted molar refractivity (Wildman–Crippen MR) is 91.0 cm³/mol. The van der Waals surface area contributed by atoms with Gasteiger partial charge in [-0.05, 0) is 31.9 Å². The number of sulfone groups is 1. The summed E-state index contributed by atoms with van der Waals surface area (Å²) in [7, 11) is -3.11. The van der Waals surface area contributed by atoms with E-state index in [4.69, 9.17) is 0 Å². The molecule has 2 amide bonds. The molecule has 142 valence electrons. The topological polar surface area (TPSA) is 83.6 Å². The van der Waals surface area contributed by atoms with Gasteiger partial charge in [0.05, 0.1) is 23.3 Å². The van der Waals surface area contributed by atoms with Crippen molar-refractivity contribution in [2.45, 2.75) is 25.8 Å². The van der Waals surface area contributed by atoms with Gasteiger partial charge in [0.25, 0.3) is 0 Å². The van der Waals surface area contributed by atoms with Crippen molar-refractivity contribution in [3.8, 4) is 0 Å². The van der Waals surface area contributed by atoms with Gasteiger partial charge in [0, 0.05) is 24.3 Å². The molecule has 26 heavy (non-hydrogen) atoms. The van der Waals surface area contributed by atoms with Gasteiger partial charge in [-0.15, -0.1) is 0 Å². The van der Waals surface area contributed by atoms with Crippen LogP contribution in [0.3, 0.4) is 0 Å². The fraction of sp³-hybridized carbons (Fsp3) is 0.529. The summed E-state index contributed by atoms with van der Waals surface area (Å²) >= 11 is 0. The van der Waals surface area contributed by atoms with Crippen LogP contribution in [0.4, 0.5) is 14.5 Å². The molecular formula is C17H20F2N2O4S. The van der Waals surface area contributed by atoms with Crippen molar-refractivity contribution in [2.75, 3.05) is 23.4 Å². The van der Waals surface area contributed by atoms with E-state index in [1.54, 1.807) is 11.8 Å². The Morgan fingerprint density at radius 3 is 2.54 bits per heavy atom. The monoisotopic (exact) mass is 386 g/mol. The van der Waals surface area contributed by atoms with Crippen molar-refractivity contribution in [2.24, 2.45) is 11.8 Å². The summed E-state index contributed by atoms with van der Waals surface area (Å²) in [5.74, 6) is -3.72. The molecule has 0 spiro atoms. The molecule has 1 saturated carbocycles. The van der Waals surface area contributed by atoms with Crippen LogP contribution in [0, 0.1) is 23.5 Å². The van der Waals surface area contributed by atoms with Gasteiger partial charge in [0.15, 0.2) is 21.5 Å². The summed E-state index contributed by atoms with van der Waals surface area (Å²) in [4.78, 5) is 26.4. The molecule has 3 unspecified atom stereocenters. The van der Waals surface area contributed by atoms with E-state index in [1.165, 1.54) is 6.07 Å². The largest absolute Gasteiger partial charge is 0.339 e. The first kappa shape index (κ1) is 18.8. The van der Waals surface area contributed by atoms with Crippen molar-refractivity contribution in [3.05, 3.63) is 29.8 Å². The molecule has 1 saturated heterocycles. The van der Waals surface area contributed by atoms with Crippen LogP contribution >= 0.6 is 0 Å². The third kappa shape index (κ3) is 3.87. The fourth-order valence-corrected chi connectivity index (χ4v) is 5.13. The molecule has 2 aliphatic rings. The molecule has 3 rings (SSSR count). The Labute approximate surface area is 150 Å². The molecule has 9 heteroatoms. The molecule has 0 bridgehead atoms. The Balaban J connectivity index is 1.60. The maximum absolute atomic E-state index is 13.2. The number of nitrogens with zero attached hydrogens (tertiary/aromatic N) is 1. The Hall–Kier alpha value is -2.03. The molecule has 1 heterocycles. The van der Waals surface area contributed by atoms with E-state index in [9.17, 15) is 26.8 Å². The highest BCUT2D eigenvalue weighted by Gasteiger charge is 2.50. The molecule has 1 aromatic rings. The molecule has 0 radical (unpaired) electrons. The number of halogens is 2. The first-order valence-electron chi connectivity index (χ1n) is 8.48. The summed E-state index contributed by atoms with van der Waals surface area (Å²) in [6.07, 6.45) is 0.782. The summed E-state index contributed by atoms with van der Waals surface area (Å²) < 4.78 is 49.4. The highest BCUT2D eigenvalue weighted by atomic mass is 32.2. The van der Waals surface area contributed by atoms with Crippen molar-refractivity contribution in [1.29, 1.82) is 0 Å². The second kappa shape index (κ2) is 6.94. The predicted octanol–water partition coefficient (Wildman–Crippen LogP) is 1.58. The van der Waals surface area contributed by atoms with Gasteiger partial charge in [0.2, 0.25) is 11.8 Å². The smallest absolute Gasteiger partial charge is 0.228 e. The summed E-state index contributed by atoms with van der Waals surface area (Å²) in [6, 6.07) is 2.71. The van der Waals surface area contributed by atoms with Crippen LogP contribution < -0.4 is 5.32 Å². The van der Waals surface area contributed by atoms with Gasteiger partial charge in [-0.2, -0.15) is 0 Å². The SMILES string of the molecule is CCN(C(=O)C1CC1C(=O)Nc1ccc(F)c(F)c1)C1CCS(=O)(=O)C1. The van der Waals surface area contributed by atoms with Gasteiger partial charge in [-0.25, -0.2) is 17.2 Å². The lowest BCUT2D eigenvalue weighted by Gasteiger charge is -2.27. The van der Waals surface area contributed by atoms with E-state index in [1.807, 2.05) is 0 Å². The number of rotatable bonds is 5. The zero-order valence-electron chi connectivity index (χ0n) is 14.2. The zero-order chi connectivity index (χ0) is 19.1. The Kier molecular flexibility index (Phi) is 5.01. The van der Waals surface area contributed by atoms with Gasteiger partial charge in [-0.3, -0.25) is 9.59 Å². The maximum Gasteiger partial charge on any atom is 0.228 e. The van der Waals surface area contributed by atoms with Crippen LogP contribution in [0.15, 0.2) is 18.2 Å². The first-order chi connectivity index (χ1) is 12.2. The van der Waals surface area contributed by atoms with Crippen molar-refractivity contribution in [1.82, 2.24) is 4.90 Å². The van der Waals surface area contributed by atoms with E-state index in [2.05, 4.69) is 5.32 Å². The first-order valence-corrected chi connectivity index (χ1v) is 10.3. The Bertz CT molecular complexity index is 843. The van der Waals surface area contributed by atoms with E-state index in [-0.39, 0.29) is 29.1 Å². The third-order valence-electron chi connectivity index (χ3n) is 4.90. The van der Waals surface area contributed by atoms with E-state index in [0.717, 1.165) is 12.1 Å². The molecule has 2 fully saturated rings. The minimum atomic E-state index is -3.11. The van der Waals surface area contributed by atoms with Crippen LogP contribution in [0.2, 0.25) is 0 Å². The molecule has 6 nitrogen and oxygen atoms in total. The molecule has 1 aromatic carbocycles. The normalized spacial score (nSPS) is 26.3. The number of hydrogen-bond donors (Lipinski definition) is 1. The number of benzene rings is 1. The number of amides is 2. The zero-order valence-corrected chi connectivity index (χ0v) is 15.1. The number of anilines is 1. The van der Waals surface area contributed by atoms with Crippen molar-refractivity contribution >= 4 is 27.3 Å². The van der Waals surface area contributed by atoms with Crippen molar-refractivity contribution < 1.29 is 26.8 Å². The second-order valence-electron chi connectivity index (χ2n) is 6.75. The maximum atomic E-state index is 13.2. The molecular weight excluding hydrogens is 366 g/mol. The minimum Gasteiger partial charge on any atom is -0.339 e. The molecule has 1 aliphatic carbocycles. The van der Waals surface area contributed by atoms with E-state index < -0.39 is 39.2 Å². The summed E-state index contributed by atoms with van der Waals surface area (Å²) in [5.41, 5.74) is 0.126. The molecule has 1 aliphatic heterocycles. The standard InChI is InChI=1S/C17H20F2N2O4S/c1-2-21(11-5-6-26(24,25)9-11)17(23)13-8-12(13)16(22)20-10-3-4-14(18)15(19)7-10/h3-4,7,11-13H,2,5-6,8-9H2,1H3,(H,20,22). The van der Waals surface area contributed by atoms with Gasteiger partial charge in [-0.1, -0.05) is 0 Å².